The molecule has 0 aliphatic heterocycles. The van der Waals surface area contributed by atoms with E-state index in [2.05, 4.69) is 10.1 Å². The molecule has 6 heteroatoms. The molecule has 0 bridgehead atoms. The first kappa shape index (κ1) is 17.7. The maximum absolute atomic E-state index is 12.4. The third-order valence-corrected chi connectivity index (χ3v) is 3.82. The van der Waals surface area contributed by atoms with Crippen LogP contribution in [0.3, 0.4) is 0 Å². The third-order valence-electron chi connectivity index (χ3n) is 3.82. The molecule has 1 N–H and O–H groups in total. The summed E-state index contributed by atoms with van der Waals surface area (Å²) in [4.78, 5) is 37.1. The van der Waals surface area contributed by atoms with E-state index in [1.165, 1.54) is 13.2 Å². The highest BCUT2D eigenvalue weighted by molar-refractivity contribution is 6.05. The number of hydrogen-bond acceptors (Lipinski definition) is 4. The number of amides is 2. The van der Waals surface area contributed by atoms with E-state index in [4.69, 9.17) is 0 Å². The highest BCUT2D eigenvalue weighted by atomic mass is 16.5. The zero-order chi connectivity index (χ0) is 17.5. The van der Waals surface area contributed by atoms with Gasteiger partial charge in [-0.15, -0.1) is 0 Å². The fourth-order valence-electron chi connectivity index (χ4n) is 2.29. The fourth-order valence-corrected chi connectivity index (χ4v) is 2.29. The van der Waals surface area contributed by atoms with Gasteiger partial charge in [-0.2, -0.15) is 0 Å². The lowest BCUT2D eigenvalue weighted by Crippen LogP contribution is -2.31. The Kier molecular flexibility index (Phi) is 6.12. The lowest BCUT2D eigenvalue weighted by atomic mass is 10.1. The molecule has 24 heavy (non-hydrogen) atoms. The normalized spacial score (nSPS) is 13.6. The van der Waals surface area contributed by atoms with Crippen molar-refractivity contribution in [2.75, 3.05) is 25.6 Å². The first-order valence-electron chi connectivity index (χ1n) is 7.94. The molecule has 128 valence electrons. The van der Waals surface area contributed by atoms with E-state index in [1.807, 2.05) is 6.07 Å². The van der Waals surface area contributed by atoms with Crippen LogP contribution in [0.25, 0.3) is 0 Å². The monoisotopic (exact) mass is 330 g/mol. The van der Waals surface area contributed by atoms with Crippen molar-refractivity contribution in [2.45, 2.75) is 19.3 Å². The van der Waals surface area contributed by atoms with Crippen molar-refractivity contribution < 1.29 is 19.1 Å². The molecule has 1 aliphatic carbocycles. The van der Waals surface area contributed by atoms with Crippen molar-refractivity contribution in [1.82, 2.24) is 5.32 Å². The van der Waals surface area contributed by atoms with Crippen molar-refractivity contribution in [3.05, 3.63) is 42.0 Å². The number of esters is 1. The summed E-state index contributed by atoms with van der Waals surface area (Å²) in [7, 11) is 3.01. The second-order valence-electron chi connectivity index (χ2n) is 5.66. The van der Waals surface area contributed by atoms with Crippen LogP contribution in [0.15, 0.2) is 36.4 Å². The summed E-state index contributed by atoms with van der Waals surface area (Å²) < 4.78 is 4.49. The standard InChI is InChI=1S/C18H22N2O4/c1-20(18(23)13-10-11-13)15-8-4-3-7-14(15)17(22)19-12-6-5-9-16(21)24-2/h3-5,7-9,13H,6,10-12H2,1-2H3,(H,19,22)/b9-5+. The smallest absolute Gasteiger partial charge is 0.330 e. The van der Waals surface area contributed by atoms with Crippen molar-refractivity contribution in [1.29, 1.82) is 0 Å². The Labute approximate surface area is 141 Å². The summed E-state index contributed by atoms with van der Waals surface area (Å²) >= 11 is 0. The Morgan fingerprint density at radius 2 is 2.00 bits per heavy atom. The number of para-hydroxylation sites is 1. The predicted molar refractivity (Wildman–Crippen MR) is 90.7 cm³/mol. The van der Waals surface area contributed by atoms with Gasteiger partial charge in [-0.1, -0.05) is 18.2 Å². The Hall–Kier alpha value is -2.63. The van der Waals surface area contributed by atoms with Gasteiger partial charge in [0.1, 0.15) is 0 Å². The molecule has 1 fully saturated rings. The molecule has 6 nitrogen and oxygen atoms in total. The Bertz CT molecular complexity index is 650. The van der Waals surface area contributed by atoms with Gasteiger partial charge in [0.05, 0.1) is 18.4 Å². The second kappa shape index (κ2) is 8.29. The number of hydrogen-bond donors (Lipinski definition) is 1. The maximum Gasteiger partial charge on any atom is 0.330 e. The Morgan fingerprint density at radius 1 is 1.29 bits per heavy atom. The van der Waals surface area contributed by atoms with Crippen LogP contribution in [0, 0.1) is 5.92 Å². The van der Waals surface area contributed by atoms with Gasteiger partial charge < -0.3 is 15.0 Å². The van der Waals surface area contributed by atoms with Gasteiger partial charge in [-0.3, -0.25) is 9.59 Å². The minimum absolute atomic E-state index is 0.0521. The molecule has 1 aliphatic rings. The highest BCUT2D eigenvalue weighted by Crippen LogP contribution is 2.33. The number of ether oxygens (including phenoxy) is 1. The van der Waals surface area contributed by atoms with Gasteiger partial charge in [0.25, 0.3) is 5.91 Å². The number of carbonyl (C=O) groups excluding carboxylic acids is 3. The lowest BCUT2D eigenvalue weighted by Gasteiger charge is -2.20. The SMILES string of the molecule is COC(=O)/C=C/CCNC(=O)c1ccccc1N(C)C(=O)C1CC1. The quantitative estimate of drug-likeness (QED) is 0.471. The van der Waals surface area contributed by atoms with Crippen LogP contribution in [-0.2, 0) is 14.3 Å². The summed E-state index contributed by atoms with van der Waals surface area (Å²) in [5.74, 6) is -0.523. The number of benzene rings is 1. The van der Waals surface area contributed by atoms with Gasteiger partial charge in [-0.25, -0.2) is 4.79 Å². The summed E-state index contributed by atoms with van der Waals surface area (Å²) in [6.45, 7) is 0.390. The molecule has 0 spiro atoms. The minimum atomic E-state index is -0.424. The predicted octanol–water partition coefficient (Wildman–Crippen LogP) is 1.91. The Morgan fingerprint density at radius 3 is 2.67 bits per heavy atom. The van der Waals surface area contributed by atoms with Crippen LogP contribution < -0.4 is 10.2 Å². The first-order valence-corrected chi connectivity index (χ1v) is 7.94. The largest absolute Gasteiger partial charge is 0.466 e. The Balaban J connectivity index is 1.95. The molecule has 0 heterocycles. The average Bonchev–Trinajstić information content (AvgIpc) is 3.44. The van der Waals surface area contributed by atoms with E-state index in [1.54, 1.807) is 36.2 Å². The summed E-state index contributed by atoms with van der Waals surface area (Å²) in [5.41, 5.74) is 1.07. The number of carbonyl (C=O) groups is 3. The van der Waals surface area contributed by atoms with Gasteiger partial charge >= 0.3 is 5.97 Å². The van der Waals surface area contributed by atoms with Crippen LogP contribution in [0.5, 0.6) is 0 Å². The number of methoxy groups -OCH3 is 1. The number of nitrogens with zero attached hydrogens (tertiary/aromatic N) is 1. The summed E-state index contributed by atoms with van der Waals surface area (Å²) in [5, 5.41) is 2.79. The van der Waals surface area contributed by atoms with E-state index >= 15 is 0 Å². The molecule has 2 amide bonds. The van der Waals surface area contributed by atoms with Gasteiger partial charge in [-0.05, 0) is 31.4 Å². The molecule has 0 saturated heterocycles. The van der Waals surface area contributed by atoms with E-state index in [9.17, 15) is 14.4 Å². The zero-order valence-corrected chi connectivity index (χ0v) is 14.0. The van der Waals surface area contributed by atoms with Gasteiger partial charge in [0.2, 0.25) is 5.91 Å². The van der Waals surface area contributed by atoms with E-state index in [0.717, 1.165) is 12.8 Å². The molecular weight excluding hydrogens is 308 g/mol. The van der Waals surface area contributed by atoms with Crippen LogP contribution in [0.2, 0.25) is 0 Å². The fraction of sp³-hybridized carbons (Fsp3) is 0.389. The van der Waals surface area contributed by atoms with E-state index in [-0.39, 0.29) is 17.7 Å². The van der Waals surface area contributed by atoms with Gasteiger partial charge in [0.15, 0.2) is 0 Å². The van der Waals surface area contributed by atoms with Crippen molar-refractivity contribution in [2.24, 2.45) is 5.92 Å². The van der Waals surface area contributed by atoms with Crippen molar-refractivity contribution >= 4 is 23.5 Å². The number of rotatable bonds is 7. The molecular formula is C18H22N2O4. The maximum atomic E-state index is 12.4. The van der Waals surface area contributed by atoms with Gasteiger partial charge in [0, 0.05) is 25.6 Å². The molecule has 0 aromatic heterocycles. The van der Waals surface area contributed by atoms with Crippen molar-refractivity contribution in [3.63, 3.8) is 0 Å². The minimum Gasteiger partial charge on any atom is -0.466 e. The van der Waals surface area contributed by atoms with E-state index < -0.39 is 5.97 Å². The third kappa shape index (κ3) is 4.68. The first-order chi connectivity index (χ1) is 11.5. The molecule has 1 saturated carbocycles. The van der Waals surface area contributed by atoms with E-state index in [0.29, 0.717) is 24.2 Å². The summed E-state index contributed by atoms with van der Waals surface area (Å²) in [6.07, 6.45) is 5.32. The number of anilines is 1. The average molecular weight is 330 g/mol. The highest BCUT2D eigenvalue weighted by Gasteiger charge is 2.33. The second-order valence-corrected chi connectivity index (χ2v) is 5.66. The molecule has 0 atom stereocenters. The number of nitrogens with one attached hydrogen (secondary N) is 1. The van der Waals surface area contributed by atoms with Crippen LogP contribution in [0.1, 0.15) is 29.6 Å². The van der Waals surface area contributed by atoms with Crippen molar-refractivity contribution in [3.8, 4) is 0 Å². The molecule has 0 unspecified atom stereocenters. The van der Waals surface area contributed by atoms with Crippen LogP contribution >= 0.6 is 0 Å². The van der Waals surface area contributed by atoms with Crippen LogP contribution in [0.4, 0.5) is 5.69 Å². The summed E-state index contributed by atoms with van der Waals surface area (Å²) in [6, 6.07) is 7.05. The molecule has 0 radical (unpaired) electrons. The lowest BCUT2D eigenvalue weighted by molar-refractivity contribution is -0.134. The topological polar surface area (TPSA) is 75.7 Å². The molecule has 2 rings (SSSR count). The van der Waals surface area contributed by atoms with Crippen LogP contribution in [-0.4, -0.2) is 38.5 Å². The molecule has 1 aromatic carbocycles. The molecule has 1 aromatic rings. The zero-order valence-electron chi connectivity index (χ0n) is 14.0.